The zero-order valence-corrected chi connectivity index (χ0v) is 16.6. The monoisotopic (exact) mass is 433 g/mol. The first-order valence-corrected chi connectivity index (χ1v) is 9.58. The van der Waals surface area contributed by atoms with E-state index in [-0.39, 0.29) is 11.0 Å². The van der Waals surface area contributed by atoms with Crippen LogP contribution in [0.2, 0.25) is 0 Å². The molecular weight excluding hydrogens is 414 g/mol. The molecular formula is C19H20BrN3O2S. The summed E-state index contributed by atoms with van der Waals surface area (Å²) in [7, 11) is 0. The Bertz CT molecular complexity index is 777. The lowest BCUT2D eigenvalue weighted by Crippen LogP contribution is -2.35. The van der Waals surface area contributed by atoms with Gasteiger partial charge in [0.15, 0.2) is 5.11 Å². The van der Waals surface area contributed by atoms with E-state index in [1.54, 1.807) is 6.07 Å². The Labute approximate surface area is 166 Å². The number of carbonyl (C=O) groups excluding carboxylic acids is 1. The number of carbonyl (C=O) groups is 1. The summed E-state index contributed by atoms with van der Waals surface area (Å²) in [5.74, 6) is -0.251. The average Bonchev–Trinajstić information content (AvgIpc) is 2.64. The van der Waals surface area contributed by atoms with E-state index in [0.717, 1.165) is 43.0 Å². The van der Waals surface area contributed by atoms with Crippen LogP contribution in [-0.4, -0.2) is 42.2 Å². The number of amides is 1. The van der Waals surface area contributed by atoms with E-state index >= 15 is 0 Å². The van der Waals surface area contributed by atoms with Gasteiger partial charge in [-0.25, -0.2) is 0 Å². The van der Waals surface area contributed by atoms with Crippen LogP contribution in [0.3, 0.4) is 0 Å². The van der Waals surface area contributed by atoms with Gasteiger partial charge in [0.2, 0.25) is 0 Å². The molecule has 0 saturated carbocycles. The molecule has 1 fully saturated rings. The van der Waals surface area contributed by atoms with Crippen LogP contribution in [0.4, 0.5) is 5.69 Å². The fourth-order valence-electron chi connectivity index (χ4n) is 2.69. The van der Waals surface area contributed by atoms with Gasteiger partial charge in [-0.1, -0.05) is 24.3 Å². The van der Waals surface area contributed by atoms with Crippen molar-refractivity contribution in [1.82, 2.24) is 10.2 Å². The average molecular weight is 434 g/mol. The number of morpholine rings is 1. The molecule has 1 saturated heterocycles. The quantitative estimate of drug-likeness (QED) is 0.723. The Kier molecular flexibility index (Phi) is 6.73. The Balaban J connectivity index is 1.52. The second-order valence-electron chi connectivity index (χ2n) is 5.97. The fourth-order valence-corrected chi connectivity index (χ4v) is 3.36. The van der Waals surface area contributed by atoms with Crippen molar-refractivity contribution in [1.29, 1.82) is 0 Å². The number of benzene rings is 2. The van der Waals surface area contributed by atoms with Crippen molar-refractivity contribution < 1.29 is 9.53 Å². The lowest BCUT2D eigenvalue weighted by Gasteiger charge is -2.26. The zero-order chi connectivity index (χ0) is 18.4. The highest BCUT2D eigenvalue weighted by molar-refractivity contribution is 9.10. The highest BCUT2D eigenvalue weighted by atomic mass is 79.9. The third-order valence-corrected chi connectivity index (χ3v) is 4.96. The summed E-state index contributed by atoms with van der Waals surface area (Å²) in [5.41, 5.74) is 2.62. The Hall–Kier alpha value is -1.80. The molecule has 1 aliphatic rings. The molecule has 0 unspecified atom stereocenters. The van der Waals surface area contributed by atoms with Gasteiger partial charge >= 0.3 is 0 Å². The van der Waals surface area contributed by atoms with Crippen molar-refractivity contribution in [3.05, 3.63) is 64.1 Å². The molecule has 2 aromatic rings. The highest BCUT2D eigenvalue weighted by Gasteiger charge is 2.12. The number of ether oxygens (including phenoxy) is 1. The molecule has 1 amide bonds. The fraction of sp³-hybridized carbons (Fsp3) is 0.263. The van der Waals surface area contributed by atoms with Crippen molar-refractivity contribution in [2.75, 3.05) is 31.6 Å². The van der Waals surface area contributed by atoms with Gasteiger partial charge in [0, 0.05) is 29.8 Å². The van der Waals surface area contributed by atoms with Crippen molar-refractivity contribution in [2.24, 2.45) is 0 Å². The van der Waals surface area contributed by atoms with Crippen molar-refractivity contribution in [3.63, 3.8) is 0 Å². The predicted octanol–water partition coefficient (Wildman–Crippen LogP) is 3.41. The van der Waals surface area contributed by atoms with Crippen LogP contribution >= 0.6 is 28.1 Å². The van der Waals surface area contributed by atoms with Crippen LogP contribution in [0.1, 0.15) is 15.9 Å². The SMILES string of the molecule is O=C(NC(=S)Nc1ccc(CN2CCOCC2)cc1)c1ccccc1Br. The predicted molar refractivity (Wildman–Crippen MR) is 110 cm³/mol. The molecule has 2 N–H and O–H groups in total. The number of thiocarbonyl (C=S) groups is 1. The molecule has 136 valence electrons. The minimum atomic E-state index is -0.251. The number of rotatable bonds is 4. The van der Waals surface area contributed by atoms with E-state index in [4.69, 9.17) is 17.0 Å². The molecule has 26 heavy (non-hydrogen) atoms. The zero-order valence-electron chi connectivity index (χ0n) is 14.2. The van der Waals surface area contributed by atoms with E-state index in [2.05, 4.69) is 43.6 Å². The largest absolute Gasteiger partial charge is 0.379 e. The second kappa shape index (κ2) is 9.23. The van der Waals surface area contributed by atoms with Crippen LogP contribution in [0.5, 0.6) is 0 Å². The van der Waals surface area contributed by atoms with Crippen LogP contribution in [0.25, 0.3) is 0 Å². The lowest BCUT2D eigenvalue weighted by molar-refractivity contribution is 0.0342. The Morgan fingerprint density at radius 2 is 1.81 bits per heavy atom. The minimum Gasteiger partial charge on any atom is -0.379 e. The summed E-state index contributed by atoms with van der Waals surface area (Å²) < 4.78 is 6.10. The van der Waals surface area contributed by atoms with Crippen LogP contribution < -0.4 is 10.6 Å². The van der Waals surface area contributed by atoms with Crippen LogP contribution in [-0.2, 0) is 11.3 Å². The number of anilines is 1. The van der Waals surface area contributed by atoms with Crippen molar-refractivity contribution in [3.8, 4) is 0 Å². The molecule has 0 bridgehead atoms. The molecule has 7 heteroatoms. The Morgan fingerprint density at radius 3 is 2.50 bits per heavy atom. The first-order valence-electron chi connectivity index (χ1n) is 8.38. The lowest BCUT2D eigenvalue weighted by atomic mass is 10.2. The molecule has 1 aliphatic heterocycles. The Morgan fingerprint density at radius 1 is 1.12 bits per heavy atom. The van der Waals surface area contributed by atoms with E-state index in [1.165, 1.54) is 5.56 Å². The minimum absolute atomic E-state index is 0.251. The number of nitrogens with zero attached hydrogens (tertiary/aromatic N) is 1. The molecule has 0 spiro atoms. The standard InChI is InChI=1S/C19H20BrN3O2S/c20-17-4-2-1-3-16(17)18(24)22-19(26)21-15-7-5-14(6-8-15)13-23-9-11-25-12-10-23/h1-8H,9-13H2,(H2,21,22,24,26). The van der Waals surface area contributed by atoms with Gasteiger partial charge in [0.05, 0.1) is 18.8 Å². The summed E-state index contributed by atoms with van der Waals surface area (Å²) in [5, 5.41) is 6.01. The molecule has 0 radical (unpaired) electrons. The normalized spacial score (nSPS) is 14.7. The molecule has 0 aliphatic carbocycles. The van der Waals surface area contributed by atoms with Gasteiger partial charge in [-0.3, -0.25) is 15.0 Å². The van der Waals surface area contributed by atoms with Gasteiger partial charge < -0.3 is 10.1 Å². The van der Waals surface area contributed by atoms with Gasteiger partial charge in [0.25, 0.3) is 5.91 Å². The molecule has 3 rings (SSSR count). The summed E-state index contributed by atoms with van der Waals surface area (Å²) in [6.07, 6.45) is 0. The van der Waals surface area contributed by atoms with E-state index in [0.29, 0.717) is 5.56 Å². The van der Waals surface area contributed by atoms with Gasteiger partial charge in [-0.05, 0) is 58.0 Å². The maximum atomic E-state index is 12.3. The molecule has 2 aromatic carbocycles. The van der Waals surface area contributed by atoms with Crippen molar-refractivity contribution >= 4 is 44.9 Å². The molecule has 5 nitrogen and oxygen atoms in total. The summed E-state index contributed by atoms with van der Waals surface area (Å²) in [6.45, 7) is 4.43. The number of nitrogens with one attached hydrogen (secondary N) is 2. The molecule has 0 atom stereocenters. The van der Waals surface area contributed by atoms with Crippen LogP contribution in [0, 0.1) is 0 Å². The number of halogens is 1. The van der Waals surface area contributed by atoms with Gasteiger partial charge in [-0.15, -0.1) is 0 Å². The second-order valence-corrected chi connectivity index (χ2v) is 7.24. The topological polar surface area (TPSA) is 53.6 Å². The third-order valence-electron chi connectivity index (χ3n) is 4.07. The van der Waals surface area contributed by atoms with E-state index in [1.807, 2.05) is 30.3 Å². The first kappa shape index (κ1) is 19.0. The maximum Gasteiger partial charge on any atom is 0.258 e. The molecule has 0 aromatic heterocycles. The number of hydrogen-bond donors (Lipinski definition) is 2. The summed E-state index contributed by atoms with van der Waals surface area (Å²) in [6, 6.07) is 15.3. The van der Waals surface area contributed by atoms with E-state index < -0.39 is 0 Å². The van der Waals surface area contributed by atoms with Gasteiger partial charge in [-0.2, -0.15) is 0 Å². The highest BCUT2D eigenvalue weighted by Crippen LogP contribution is 2.16. The smallest absolute Gasteiger partial charge is 0.258 e. The van der Waals surface area contributed by atoms with E-state index in [9.17, 15) is 4.79 Å². The number of hydrogen-bond acceptors (Lipinski definition) is 4. The van der Waals surface area contributed by atoms with Crippen LogP contribution in [0.15, 0.2) is 53.0 Å². The van der Waals surface area contributed by atoms with Gasteiger partial charge in [0.1, 0.15) is 0 Å². The van der Waals surface area contributed by atoms with Crippen molar-refractivity contribution in [2.45, 2.75) is 6.54 Å². The molecule has 1 heterocycles. The third kappa shape index (κ3) is 5.35. The summed E-state index contributed by atoms with van der Waals surface area (Å²) >= 11 is 8.60. The maximum absolute atomic E-state index is 12.3. The first-order chi connectivity index (χ1) is 12.6. The summed E-state index contributed by atoms with van der Waals surface area (Å²) in [4.78, 5) is 14.6.